The molecule has 0 saturated carbocycles. The van der Waals surface area contributed by atoms with Crippen LogP contribution in [0.15, 0.2) is 53.9 Å². The van der Waals surface area contributed by atoms with Crippen LogP contribution in [0.3, 0.4) is 0 Å². The number of anilines is 1. The number of aromatic nitrogens is 2. The smallest absolute Gasteiger partial charge is 0.262 e. The molecule has 1 aromatic heterocycles. The zero-order valence-corrected chi connectivity index (χ0v) is 19.9. The van der Waals surface area contributed by atoms with Crippen molar-refractivity contribution < 1.29 is 23.2 Å². The lowest BCUT2D eigenvalue weighted by Crippen LogP contribution is -2.33. The summed E-state index contributed by atoms with van der Waals surface area (Å²) in [5.41, 5.74) is 0.967. The van der Waals surface area contributed by atoms with E-state index in [-0.39, 0.29) is 22.7 Å². The topological polar surface area (TPSA) is 93.5 Å². The van der Waals surface area contributed by atoms with Crippen LogP contribution in [-0.2, 0) is 15.0 Å². The molecule has 1 N–H and O–H groups in total. The first-order valence-electron chi connectivity index (χ1n) is 10.9. The Morgan fingerprint density at radius 2 is 1.71 bits per heavy atom. The quantitative estimate of drug-likeness (QED) is 0.566. The normalized spacial score (nSPS) is 14.9. The number of nitrogens with one attached hydrogen (secondary N) is 1. The number of hydrogen-bond donors (Lipinski definition) is 1. The molecule has 0 bridgehead atoms. The molecule has 0 unspecified atom stereocenters. The molecule has 2 aromatic carbocycles. The van der Waals surface area contributed by atoms with Crippen molar-refractivity contribution in [3.63, 3.8) is 0 Å². The van der Waals surface area contributed by atoms with Crippen molar-refractivity contribution in [1.82, 2.24) is 9.97 Å². The SMILES string of the molecule is CC1(C)ON=C(c2ccc(C(C)(C)C)c(-c3cnc(NC(=O)c4c(F)cccc4F)cn3)c2)C1=O. The molecule has 2 heterocycles. The first-order chi connectivity index (χ1) is 16.4. The number of ketones is 1. The van der Waals surface area contributed by atoms with Crippen LogP contribution >= 0.6 is 0 Å². The third-order valence-corrected chi connectivity index (χ3v) is 5.59. The molecular weight excluding hydrogens is 454 g/mol. The van der Waals surface area contributed by atoms with Gasteiger partial charge in [0.1, 0.15) is 17.2 Å². The van der Waals surface area contributed by atoms with Gasteiger partial charge in [-0.1, -0.05) is 44.1 Å². The highest BCUT2D eigenvalue weighted by Crippen LogP contribution is 2.34. The van der Waals surface area contributed by atoms with Crippen LogP contribution in [0.25, 0.3) is 11.3 Å². The van der Waals surface area contributed by atoms with Crippen molar-refractivity contribution in [2.45, 2.75) is 45.6 Å². The zero-order valence-electron chi connectivity index (χ0n) is 19.9. The van der Waals surface area contributed by atoms with Gasteiger partial charge in [0.25, 0.3) is 5.91 Å². The van der Waals surface area contributed by atoms with Crippen molar-refractivity contribution >= 4 is 23.2 Å². The average molecular weight is 478 g/mol. The number of Topliss-reactive ketones (excluding diaryl/α,β-unsaturated/α-hetero) is 1. The maximum Gasteiger partial charge on any atom is 0.262 e. The van der Waals surface area contributed by atoms with E-state index in [9.17, 15) is 18.4 Å². The maximum absolute atomic E-state index is 13.9. The van der Waals surface area contributed by atoms with E-state index in [0.717, 1.165) is 23.3 Å². The van der Waals surface area contributed by atoms with Gasteiger partial charge >= 0.3 is 0 Å². The van der Waals surface area contributed by atoms with Gasteiger partial charge in [0.2, 0.25) is 5.78 Å². The van der Waals surface area contributed by atoms with E-state index in [4.69, 9.17) is 4.84 Å². The highest BCUT2D eigenvalue weighted by Gasteiger charge is 2.40. The molecule has 35 heavy (non-hydrogen) atoms. The number of carbonyl (C=O) groups excluding carboxylic acids is 2. The minimum atomic E-state index is -1.03. The predicted molar refractivity (Wildman–Crippen MR) is 127 cm³/mol. The standard InChI is InChI=1S/C26H24F2N4O3/c1-25(2,3)16-10-9-14(22-23(33)26(4,5)35-32-22)11-15(16)19-12-30-20(13-29-19)31-24(34)21-17(27)7-6-8-18(21)28/h6-13H,1-5H3,(H,30,31,34). The van der Waals surface area contributed by atoms with Gasteiger partial charge in [-0.15, -0.1) is 0 Å². The van der Waals surface area contributed by atoms with Gasteiger partial charge in [0.05, 0.1) is 18.1 Å². The molecule has 0 spiro atoms. The molecule has 1 aliphatic heterocycles. The number of oxime groups is 1. The Morgan fingerprint density at radius 3 is 2.26 bits per heavy atom. The zero-order chi connectivity index (χ0) is 25.5. The molecule has 3 aromatic rings. The third kappa shape index (κ3) is 4.66. The average Bonchev–Trinajstić information content (AvgIpc) is 3.05. The second-order valence-corrected chi connectivity index (χ2v) is 9.72. The van der Waals surface area contributed by atoms with Gasteiger partial charge < -0.3 is 10.2 Å². The van der Waals surface area contributed by atoms with Crippen LogP contribution in [0.2, 0.25) is 0 Å². The number of hydrogen-bond acceptors (Lipinski definition) is 6. The minimum Gasteiger partial charge on any atom is -0.381 e. The summed E-state index contributed by atoms with van der Waals surface area (Å²) in [4.78, 5) is 38.9. The van der Waals surface area contributed by atoms with E-state index in [1.807, 2.05) is 32.9 Å². The van der Waals surface area contributed by atoms with Crippen LogP contribution in [0.1, 0.15) is 56.1 Å². The molecule has 1 aliphatic rings. The summed E-state index contributed by atoms with van der Waals surface area (Å²) in [5.74, 6) is -3.12. The van der Waals surface area contributed by atoms with E-state index >= 15 is 0 Å². The Kier molecular flexibility index (Phi) is 5.96. The summed E-state index contributed by atoms with van der Waals surface area (Å²) in [6.07, 6.45) is 2.75. The predicted octanol–water partition coefficient (Wildman–Crippen LogP) is 5.05. The molecule has 180 valence electrons. The van der Waals surface area contributed by atoms with Crippen LogP contribution < -0.4 is 5.32 Å². The Hall–Kier alpha value is -4.01. The largest absolute Gasteiger partial charge is 0.381 e. The van der Waals surface area contributed by atoms with Crippen LogP contribution in [0.4, 0.5) is 14.6 Å². The summed E-state index contributed by atoms with van der Waals surface area (Å²) in [7, 11) is 0. The number of carbonyl (C=O) groups is 2. The Labute approximate surface area is 201 Å². The molecule has 4 rings (SSSR count). The first-order valence-corrected chi connectivity index (χ1v) is 10.9. The highest BCUT2D eigenvalue weighted by molar-refractivity contribution is 6.49. The molecule has 9 heteroatoms. The fourth-order valence-corrected chi connectivity index (χ4v) is 3.69. The van der Waals surface area contributed by atoms with Crippen molar-refractivity contribution in [3.8, 4) is 11.3 Å². The van der Waals surface area contributed by atoms with Gasteiger partial charge in [-0.05, 0) is 43.0 Å². The Morgan fingerprint density at radius 1 is 1.03 bits per heavy atom. The van der Waals surface area contributed by atoms with E-state index in [1.54, 1.807) is 19.9 Å². The third-order valence-electron chi connectivity index (χ3n) is 5.59. The minimum absolute atomic E-state index is 0.0281. The number of benzene rings is 2. The van der Waals surface area contributed by atoms with Gasteiger partial charge in [-0.25, -0.2) is 13.8 Å². The van der Waals surface area contributed by atoms with Crippen molar-refractivity contribution in [2.24, 2.45) is 5.16 Å². The molecule has 0 radical (unpaired) electrons. The van der Waals surface area contributed by atoms with Crippen LogP contribution in [0, 0.1) is 11.6 Å². The number of halogens is 2. The molecular formula is C26H24F2N4O3. The van der Waals surface area contributed by atoms with E-state index < -0.39 is 28.7 Å². The van der Waals surface area contributed by atoms with Crippen LogP contribution in [0.5, 0.6) is 0 Å². The monoisotopic (exact) mass is 478 g/mol. The lowest BCUT2D eigenvalue weighted by atomic mass is 9.81. The van der Waals surface area contributed by atoms with Gasteiger partial charge in [-0.3, -0.25) is 14.6 Å². The number of rotatable bonds is 4. The first kappa shape index (κ1) is 24.1. The molecule has 0 atom stereocenters. The number of amides is 1. The summed E-state index contributed by atoms with van der Waals surface area (Å²) in [5, 5.41) is 6.34. The summed E-state index contributed by atoms with van der Waals surface area (Å²) in [6.45, 7) is 9.44. The number of nitrogens with zero attached hydrogens (tertiary/aromatic N) is 3. The summed E-state index contributed by atoms with van der Waals surface area (Å²) < 4.78 is 27.8. The molecule has 0 saturated heterocycles. The Balaban J connectivity index is 1.67. The maximum atomic E-state index is 13.9. The van der Waals surface area contributed by atoms with E-state index in [1.165, 1.54) is 18.5 Å². The van der Waals surface area contributed by atoms with Crippen molar-refractivity contribution in [2.75, 3.05) is 5.32 Å². The lowest BCUT2D eigenvalue weighted by Gasteiger charge is -2.23. The molecule has 7 nitrogen and oxygen atoms in total. The van der Waals surface area contributed by atoms with Gasteiger partial charge in [-0.2, -0.15) is 0 Å². The summed E-state index contributed by atoms with van der Waals surface area (Å²) >= 11 is 0. The van der Waals surface area contributed by atoms with Crippen LogP contribution in [-0.4, -0.2) is 33.0 Å². The Bertz CT molecular complexity index is 1340. The fourth-order valence-electron chi connectivity index (χ4n) is 3.69. The molecule has 0 aliphatic carbocycles. The van der Waals surface area contributed by atoms with Crippen molar-refractivity contribution in [1.29, 1.82) is 0 Å². The van der Waals surface area contributed by atoms with Crippen molar-refractivity contribution in [3.05, 3.63) is 77.1 Å². The second-order valence-electron chi connectivity index (χ2n) is 9.72. The van der Waals surface area contributed by atoms with Gasteiger partial charge in [0.15, 0.2) is 17.1 Å². The fraction of sp³-hybridized carbons (Fsp3) is 0.269. The highest BCUT2D eigenvalue weighted by atomic mass is 19.1. The van der Waals surface area contributed by atoms with Gasteiger partial charge in [0, 0.05) is 11.1 Å². The second kappa shape index (κ2) is 8.65. The van der Waals surface area contributed by atoms with E-state index in [2.05, 4.69) is 20.4 Å². The summed E-state index contributed by atoms with van der Waals surface area (Å²) in [6, 6.07) is 8.70. The lowest BCUT2D eigenvalue weighted by molar-refractivity contribution is -0.128. The van der Waals surface area contributed by atoms with E-state index in [0.29, 0.717) is 11.3 Å². The molecule has 0 fully saturated rings. The molecule has 1 amide bonds.